The monoisotopic (exact) mass is 251 g/mol. The summed E-state index contributed by atoms with van der Waals surface area (Å²) >= 11 is 0. The van der Waals surface area contributed by atoms with E-state index >= 15 is 0 Å². The van der Waals surface area contributed by atoms with E-state index in [0.29, 0.717) is 0 Å². The topological polar surface area (TPSA) is 63.4 Å². The van der Waals surface area contributed by atoms with Crippen LogP contribution in [0.2, 0.25) is 0 Å². The third-order valence-electron chi connectivity index (χ3n) is 2.42. The van der Waals surface area contributed by atoms with Crippen LogP contribution in [0.25, 0.3) is 11.1 Å². The lowest BCUT2D eigenvalue weighted by molar-refractivity contribution is -0.384. The lowest BCUT2D eigenvalue weighted by atomic mass is 10.0. The summed E-state index contributed by atoms with van der Waals surface area (Å²) in [5.41, 5.74) is -0.775. The number of nitro benzene ring substituents is 1. The highest BCUT2D eigenvalue weighted by molar-refractivity contribution is 5.68. The van der Waals surface area contributed by atoms with Crippen LogP contribution in [-0.4, -0.2) is 10.0 Å². The maximum absolute atomic E-state index is 13.6. The molecule has 0 saturated heterocycles. The molecule has 2 aromatic rings. The van der Waals surface area contributed by atoms with Gasteiger partial charge >= 0.3 is 0 Å². The van der Waals surface area contributed by atoms with E-state index in [4.69, 9.17) is 0 Å². The minimum atomic E-state index is -1.14. The molecular formula is C12H7F2NO3. The van der Waals surface area contributed by atoms with Crippen molar-refractivity contribution in [2.24, 2.45) is 0 Å². The molecule has 6 heteroatoms. The fraction of sp³-hybridized carbons (Fsp3) is 0. The van der Waals surface area contributed by atoms with Crippen LogP contribution in [0.4, 0.5) is 14.5 Å². The van der Waals surface area contributed by atoms with E-state index < -0.39 is 27.9 Å². The first-order valence-electron chi connectivity index (χ1n) is 4.92. The van der Waals surface area contributed by atoms with Gasteiger partial charge in [0.25, 0.3) is 5.69 Å². The van der Waals surface area contributed by atoms with E-state index in [-0.39, 0.29) is 11.3 Å². The van der Waals surface area contributed by atoms with Gasteiger partial charge in [-0.15, -0.1) is 0 Å². The maximum atomic E-state index is 13.6. The number of non-ortho nitro benzene ring substituents is 1. The van der Waals surface area contributed by atoms with Gasteiger partial charge in [0.15, 0.2) is 11.6 Å². The summed E-state index contributed by atoms with van der Waals surface area (Å²) in [6.45, 7) is 0. The third-order valence-corrected chi connectivity index (χ3v) is 2.42. The molecule has 0 fully saturated rings. The Morgan fingerprint density at radius 3 is 2.56 bits per heavy atom. The molecule has 1 N–H and O–H groups in total. The van der Waals surface area contributed by atoms with Crippen LogP contribution in [0.15, 0.2) is 36.4 Å². The molecule has 2 aromatic carbocycles. The Morgan fingerprint density at radius 1 is 1.17 bits per heavy atom. The maximum Gasteiger partial charge on any atom is 0.270 e. The Balaban J connectivity index is 2.65. The van der Waals surface area contributed by atoms with Gasteiger partial charge in [-0.3, -0.25) is 10.1 Å². The molecule has 0 amide bonds. The molecule has 0 spiro atoms. The van der Waals surface area contributed by atoms with Gasteiger partial charge in [-0.1, -0.05) is 12.1 Å². The highest BCUT2D eigenvalue weighted by atomic mass is 19.1. The standard InChI is InChI=1S/C12H7F2NO3/c13-9-4-5-10(16)12(14)11(9)7-2-1-3-8(6-7)15(17)18/h1-6,16H. The van der Waals surface area contributed by atoms with E-state index in [1.54, 1.807) is 0 Å². The van der Waals surface area contributed by atoms with Crippen molar-refractivity contribution >= 4 is 5.69 Å². The minimum absolute atomic E-state index is 0.00454. The number of aromatic hydroxyl groups is 1. The lowest BCUT2D eigenvalue weighted by Crippen LogP contribution is -1.93. The van der Waals surface area contributed by atoms with Crippen molar-refractivity contribution < 1.29 is 18.8 Å². The molecule has 18 heavy (non-hydrogen) atoms. The fourth-order valence-electron chi connectivity index (χ4n) is 1.58. The van der Waals surface area contributed by atoms with Gasteiger partial charge in [-0.25, -0.2) is 8.78 Å². The third kappa shape index (κ3) is 2.00. The summed E-state index contributed by atoms with van der Waals surface area (Å²) in [6.07, 6.45) is 0. The number of rotatable bonds is 2. The summed E-state index contributed by atoms with van der Waals surface area (Å²) in [5, 5.41) is 19.8. The molecule has 0 aliphatic carbocycles. The highest BCUT2D eigenvalue weighted by Gasteiger charge is 2.17. The summed E-state index contributed by atoms with van der Waals surface area (Å²) in [7, 11) is 0. The van der Waals surface area contributed by atoms with Crippen molar-refractivity contribution in [3.63, 3.8) is 0 Å². The molecule has 92 valence electrons. The molecular weight excluding hydrogens is 244 g/mol. The van der Waals surface area contributed by atoms with E-state index in [0.717, 1.165) is 18.2 Å². The number of phenolic OH excluding ortho intramolecular Hbond substituents is 1. The van der Waals surface area contributed by atoms with Crippen LogP contribution in [0.5, 0.6) is 5.75 Å². The zero-order valence-corrected chi connectivity index (χ0v) is 8.93. The smallest absolute Gasteiger partial charge is 0.270 e. The van der Waals surface area contributed by atoms with E-state index in [2.05, 4.69) is 0 Å². The minimum Gasteiger partial charge on any atom is -0.505 e. The molecule has 0 aliphatic heterocycles. The van der Waals surface area contributed by atoms with E-state index in [1.807, 2.05) is 0 Å². The second kappa shape index (κ2) is 4.40. The van der Waals surface area contributed by atoms with Gasteiger partial charge in [0.05, 0.1) is 10.5 Å². The van der Waals surface area contributed by atoms with Crippen LogP contribution >= 0.6 is 0 Å². The van der Waals surface area contributed by atoms with Crippen LogP contribution in [0, 0.1) is 21.7 Å². The second-order valence-corrected chi connectivity index (χ2v) is 3.56. The van der Waals surface area contributed by atoms with Crippen LogP contribution < -0.4 is 0 Å². The Labute approximate surface area is 100 Å². The molecule has 0 heterocycles. The zero-order chi connectivity index (χ0) is 13.3. The average Bonchev–Trinajstić information content (AvgIpc) is 2.35. The number of hydrogen-bond acceptors (Lipinski definition) is 3. The van der Waals surface area contributed by atoms with Gasteiger partial charge < -0.3 is 5.11 Å². The summed E-state index contributed by atoms with van der Waals surface area (Å²) in [4.78, 5) is 9.93. The number of nitro groups is 1. The van der Waals surface area contributed by atoms with Gasteiger partial charge in [-0.2, -0.15) is 0 Å². The molecule has 4 nitrogen and oxygen atoms in total. The van der Waals surface area contributed by atoms with Gasteiger partial charge in [0.1, 0.15) is 5.82 Å². The van der Waals surface area contributed by atoms with E-state index in [9.17, 15) is 24.0 Å². The SMILES string of the molecule is O=[N+]([O-])c1cccc(-c2c(F)ccc(O)c2F)c1. The van der Waals surface area contributed by atoms with Gasteiger partial charge in [0.2, 0.25) is 0 Å². The number of benzene rings is 2. The largest absolute Gasteiger partial charge is 0.505 e. The molecule has 0 atom stereocenters. The average molecular weight is 251 g/mol. The summed E-state index contributed by atoms with van der Waals surface area (Å²) < 4.78 is 27.1. The molecule has 0 aliphatic rings. The van der Waals surface area contributed by atoms with Crippen molar-refractivity contribution in [3.8, 4) is 16.9 Å². The first kappa shape index (κ1) is 12.0. The quantitative estimate of drug-likeness (QED) is 0.658. The number of nitrogens with zero attached hydrogens (tertiary/aromatic N) is 1. The Hall–Kier alpha value is -2.50. The van der Waals surface area contributed by atoms with Crippen molar-refractivity contribution in [1.82, 2.24) is 0 Å². The fourth-order valence-corrected chi connectivity index (χ4v) is 1.58. The van der Waals surface area contributed by atoms with Crippen molar-refractivity contribution in [2.45, 2.75) is 0 Å². The number of halogens is 2. The molecule has 2 rings (SSSR count). The molecule has 0 aromatic heterocycles. The van der Waals surface area contributed by atoms with Crippen molar-refractivity contribution in [2.75, 3.05) is 0 Å². The van der Waals surface area contributed by atoms with Crippen LogP contribution in [0.3, 0.4) is 0 Å². The van der Waals surface area contributed by atoms with Gasteiger partial charge in [-0.05, 0) is 17.7 Å². The first-order valence-corrected chi connectivity index (χ1v) is 4.92. The van der Waals surface area contributed by atoms with Crippen molar-refractivity contribution in [3.05, 3.63) is 58.1 Å². The summed E-state index contributed by atoms with van der Waals surface area (Å²) in [5.74, 6) is -2.75. The van der Waals surface area contributed by atoms with E-state index in [1.165, 1.54) is 18.2 Å². The molecule has 0 radical (unpaired) electrons. The normalized spacial score (nSPS) is 10.3. The first-order chi connectivity index (χ1) is 8.50. The second-order valence-electron chi connectivity index (χ2n) is 3.56. The predicted molar refractivity (Wildman–Crippen MR) is 60.1 cm³/mol. The zero-order valence-electron chi connectivity index (χ0n) is 8.93. The Kier molecular flexibility index (Phi) is 2.93. The lowest BCUT2D eigenvalue weighted by Gasteiger charge is -2.06. The van der Waals surface area contributed by atoms with Crippen molar-refractivity contribution in [1.29, 1.82) is 0 Å². The van der Waals surface area contributed by atoms with Crippen LogP contribution in [0.1, 0.15) is 0 Å². The Bertz CT molecular complexity index is 629. The number of phenols is 1. The Morgan fingerprint density at radius 2 is 1.89 bits per heavy atom. The highest BCUT2D eigenvalue weighted by Crippen LogP contribution is 2.32. The molecule has 0 saturated carbocycles. The number of hydrogen-bond donors (Lipinski definition) is 1. The van der Waals surface area contributed by atoms with Crippen LogP contribution in [-0.2, 0) is 0 Å². The molecule has 0 unspecified atom stereocenters. The summed E-state index contributed by atoms with van der Waals surface area (Å²) in [6, 6.07) is 6.67. The molecule has 0 bridgehead atoms. The predicted octanol–water partition coefficient (Wildman–Crippen LogP) is 3.25. The van der Waals surface area contributed by atoms with Gasteiger partial charge in [0, 0.05) is 12.1 Å².